The van der Waals surface area contributed by atoms with E-state index in [4.69, 9.17) is 16.0 Å². The summed E-state index contributed by atoms with van der Waals surface area (Å²) in [5, 5.41) is 3.32. The molecule has 2 aliphatic rings. The van der Waals surface area contributed by atoms with Gasteiger partial charge in [-0.3, -0.25) is 19.3 Å². The Morgan fingerprint density at radius 3 is 2.58 bits per heavy atom. The Hall–Kier alpha value is -2.84. The largest absolute Gasteiger partial charge is 0.467 e. The Morgan fingerprint density at radius 1 is 1.10 bits per heavy atom. The summed E-state index contributed by atoms with van der Waals surface area (Å²) in [4.78, 5) is 43.0. The fourth-order valence-electron chi connectivity index (χ4n) is 4.02. The van der Waals surface area contributed by atoms with Gasteiger partial charge in [0.25, 0.3) is 0 Å². The number of para-hydroxylation sites is 1. The number of anilines is 1. The van der Waals surface area contributed by atoms with Crippen LogP contribution in [0.4, 0.5) is 5.69 Å². The topological polar surface area (TPSA) is 86.1 Å². The predicted octanol–water partition coefficient (Wildman–Crippen LogP) is 2.06. The van der Waals surface area contributed by atoms with Gasteiger partial charge in [0.1, 0.15) is 5.76 Å². The van der Waals surface area contributed by atoms with Crippen LogP contribution in [-0.2, 0) is 20.9 Å². The van der Waals surface area contributed by atoms with E-state index in [1.807, 2.05) is 23.1 Å². The van der Waals surface area contributed by atoms with Crippen LogP contribution in [0.1, 0.15) is 12.2 Å². The third kappa shape index (κ3) is 5.26. The van der Waals surface area contributed by atoms with Crippen LogP contribution in [-0.4, -0.2) is 71.7 Å². The lowest BCUT2D eigenvalue weighted by atomic mass is 10.1. The van der Waals surface area contributed by atoms with Crippen LogP contribution in [0.5, 0.6) is 0 Å². The monoisotopic (exact) mass is 444 g/mol. The molecule has 8 nitrogen and oxygen atoms in total. The third-order valence-corrected chi connectivity index (χ3v) is 6.02. The van der Waals surface area contributed by atoms with E-state index in [1.54, 1.807) is 34.3 Å². The maximum Gasteiger partial charge on any atom is 0.238 e. The fraction of sp³-hybridized carbons (Fsp3) is 0.409. The molecule has 164 valence electrons. The van der Waals surface area contributed by atoms with E-state index in [9.17, 15) is 14.4 Å². The maximum absolute atomic E-state index is 12.9. The van der Waals surface area contributed by atoms with E-state index in [2.05, 4.69) is 5.32 Å². The number of benzene rings is 1. The SMILES string of the molecule is O=C(CN1CCN(C(=O)C2CC(=O)N(Cc3ccco3)C2)CC1)Nc1ccccc1Cl. The smallest absolute Gasteiger partial charge is 0.238 e. The number of hydrogen-bond donors (Lipinski definition) is 1. The summed E-state index contributed by atoms with van der Waals surface area (Å²) in [6.07, 6.45) is 1.81. The van der Waals surface area contributed by atoms with Crippen LogP contribution >= 0.6 is 11.6 Å². The van der Waals surface area contributed by atoms with E-state index in [-0.39, 0.29) is 36.6 Å². The van der Waals surface area contributed by atoms with Gasteiger partial charge in [-0.1, -0.05) is 23.7 Å². The summed E-state index contributed by atoms with van der Waals surface area (Å²) in [6, 6.07) is 10.7. The highest BCUT2D eigenvalue weighted by molar-refractivity contribution is 6.33. The average molecular weight is 445 g/mol. The zero-order chi connectivity index (χ0) is 21.8. The minimum absolute atomic E-state index is 0.00969. The zero-order valence-corrected chi connectivity index (χ0v) is 17.9. The van der Waals surface area contributed by atoms with Gasteiger partial charge in [0.05, 0.1) is 36.0 Å². The molecule has 1 aromatic carbocycles. The summed E-state index contributed by atoms with van der Waals surface area (Å²) in [6.45, 7) is 3.36. The number of rotatable bonds is 6. The van der Waals surface area contributed by atoms with E-state index < -0.39 is 0 Å². The minimum Gasteiger partial charge on any atom is -0.467 e. The lowest BCUT2D eigenvalue weighted by Gasteiger charge is -2.35. The molecule has 2 fully saturated rings. The first-order chi connectivity index (χ1) is 15.0. The van der Waals surface area contributed by atoms with Crippen molar-refractivity contribution in [3.8, 4) is 0 Å². The van der Waals surface area contributed by atoms with Crippen molar-refractivity contribution in [1.29, 1.82) is 0 Å². The van der Waals surface area contributed by atoms with Crippen molar-refractivity contribution in [3.05, 3.63) is 53.4 Å². The summed E-state index contributed by atoms with van der Waals surface area (Å²) >= 11 is 6.08. The van der Waals surface area contributed by atoms with Gasteiger partial charge in [-0.25, -0.2) is 0 Å². The van der Waals surface area contributed by atoms with E-state index >= 15 is 0 Å². The molecule has 0 spiro atoms. The molecule has 1 aromatic heterocycles. The van der Waals surface area contributed by atoms with Gasteiger partial charge in [-0.05, 0) is 24.3 Å². The van der Waals surface area contributed by atoms with Crippen molar-refractivity contribution in [2.75, 3.05) is 44.6 Å². The van der Waals surface area contributed by atoms with Gasteiger partial charge in [-0.2, -0.15) is 0 Å². The molecule has 2 saturated heterocycles. The van der Waals surface area contributed by atoms with Crippen LogP contribution < -0.4 is 5.32 Å². The molecule has 9 heteroatoms. The number of amides is 3. The van der Waals surface area contributed by atoms with Crippen molar-refractivity contribution in [2.45, 2.75) is 13.0 Å². The second kappa shape index (κ2) is 9.53. The molecule has 4 rings (SSSR count). The number of hydrogen-bond acceptors (Lipinski definition) is 5. The molecule has 31 heavy (non-hydrogen) atoms. The molecule has 2 aliphatic heterocycles. The highest BCUT2D eigenvalue weighted by Crippen LogP contribution is 2.23. The molecule has 1 unspecified atom stereocenters. The van der Waals surface area contributed by atoms with E-state index in [0.717, 1.165) is 0 Å². The number of nitrogens with zero attached hydrogens (tertiary/aromatic N) is 3. The van der Waals surface area contributed by atoms with Crippen LogP contribution in [0, 0.1) is 5.92 Å². The van der Waals surface area contributed by atoms with Crippen molar-refractivity contribution < 1.29 is 18.8 Å². The molecule has 0 aliphatic carbocycles. The van der Waals surface area contributed by atoms with Crippen LogP contribution in [0.15, 0.2) is 47.1 Å². The molecule has 1 atom stereocenters. The molecular weight excluding hydrogens is 420 g/mol. The minimum atomic E-state index is -0.322. The lowest BCUT2D eigenvalue weighted by Crippen LogP contribution is -2.52. The highest BCUT2D eigenvalue weighted by Gasteiger charge is 2.37. The molecule has 2 aromatic rings. The summed E-state index contributed by atoms with van der Waals surface area (Å²) < 4.78 is 5.31. The second-order valence-corrected chi connectivity index (χ2v) is 8.29. The van der Waals surface area contributed by atoms with Gasteiger partial charge in [0.2, 0.25) is 17.7 Å². The normalized spacial score (nSPS) is 19.6. The lowest BCUT2D eigenvalue weighted by molar-refractivity contribution is -0.137. The van der Waals surface area contributed by atoms with Gasteiger partial charge in [-0.15, -0.1) is 0 Å². The maximum atomic E-state index is 12.9. The average Bonchev–Trinajstić information content (AvgIpc) is 3.40. The van der Waals surface area contributed by atoms with Crippen molar-refractivity contribution in [1.82, 2.24) is 14.7 Å². The molecule has 1 N–H and O–H groups in total. The third-order valence-electron chi connectivity index (χ3n) is 5.69. The number of furan rings is 1. The predicted molar refractivity (Wildman–Crippen MR) is 115 cm³/mol. The zero-order valence-electron chi connectivity index (χ0n) is 17.1. The molecule has 3 heterocycles. The summed E-state index contributed by atoms with van der Waals surface area (Å²) in [5.74, 6) is 0.241. The Kier molecular flexibility index (Phi) is 6.58. The number of halogens is 1. The fourth-order valence-corrected chi connectivity index (χ4v) is 4.20. The van der Waals surface area contributed by atoms with E-state index in [0.29, 0.717) is 55.7 Å². The Labute approximate surface area is 185 Å². The van der Waals surface area contributed by atoms with E-state index in [1.165, 1.54) is 0 Å². The van der Waals surface area contributed by atoms with Gasteiger partial charge < -0.3 is 19.5 Å². The molecule has 0 bridgehead atoms. The number of nitrogens with one attached hydrogen (secondary N) is 1. The molecule has 3 amide bonds. The Morgan fingerprint density at radius 2 is 1.87 bits per heavy atom. The first-order valence-corrected chi connectivity index (χ1v) is 10.7. The van der Waals surface area contributed by atoms with Crippen molar-refractivity contribution in [3.63, 3.8) is 0 Å². The number of carbonyl (C=O) groups is 3. The summed E-state index contributed by atoms with van der Waals surface area (Å²) in [7, 11) is 0. The number of carbonyl (C=O) groups excluding carboxylic acids is 3. The van der Waals surface area contributed by atoms with Crippen LogP contribution in [0.2, 0.25) is 5.02 Å². The Balaban J connectivity index is 1.23. The number of piperazine rings is 1. The Bertz CT molecular complexity index is 941. The number of likely N-dealkylation sites (tertiary alicyclic amines) is 1. The molecule has 0 radical (unpaired) electrons. The van der Waals surface area contributed by atoms with Gasteiger partial charge >= 0.3 is 0 Å². The quantitative estimate of drug-likeness (QED) is 0.737. The van der Waals surface area contributed by atoms with Crippen molar-refractivity contribution in [2.24, 2.45) is 5.92 Å². The standard InChI is InChI=1S/C22H25ClN4O4/c23-18-5-1-2-6-19(18)24-20(28)15-25-7-9-26(10-8-25)22(30)16-12-21(29)27(13-16)14-17-4-3-11-31-17/h1-6,11,16H,7-10,12-15H2,(H,24,28). The van der Waals surface area contributed by atoms with Crippen LogP contribution in [0.25, 0.3) is 0 Å². The van der Waals surface area contributed by atoms with Crippen LogP contribution in [0.3, 0.4) is 0 Å². The van der Waals surface area contributed by atoms with Gasteiger partial charge in [0, 0.05) is 39.1 Å². The second-order valence-electron chi connectivity index (χ2n) is 7.88. The first kappa shape index (κ1) is 21.4. The first-order valence-electron chi connectivity index (χ1n) is 10.4. The van der Waals surface area contributed by atoms with Gasteiger partial charge in [0.15, 0.2) is 0 Å². The highest BCUT2D eigenvalue weighted by atomic mass is 35.5. The summed E-state index contributed by atoms with van der Waals surface area (Å²) in [5.41, 5.74) is 0.591. The van der Waals surface area contributed by atoms with Crippen molar-refractivity contribution >= 4 is 35.0 Å². The molecular formula is C22H25ClN4O4. The molecule has 0 saturated carbocycles.